The molecule has 0 aliphatic heterocycles. The summed E-state index contributed by atoms with van der Waals surface area (Å²) in [7, 11) is 0. The molecule has 0 bridgehead atoms. The minimum absolute atomic E-state index is 0.182. The molecule has 0 spiro atoms. The van der Waals surface area contributed by atoms with Crippen LogP contribution in [0, 0.1) is 11.8 Å². The van der Waals surface area contributed by atoms with E-state index in [1.54, 1.807) is 0 Å². The molecule has 0 aromatic heterocycles. The van der Waals surface area contributed by atoms with Gasteiger partial charge in [0.25, 0.3) is 0 Å². The van der Waals surface area contributed by atoms with Crippen molar-refractivity contribution in [2.75, 3.05) is 13.2 Å². The molecule has 2 heteroatoms. The molecule has 2 atom stereocenters. The van der Waals surface area contributed by atoms with Crippen LogP contribution in [0.15, 0.2) is 24.3 Å². The van der Waals surface area contributed by atoms with Gasteiger partial charge in [0.05, 0.1) is 0 Å². The maximum Gasteiger partial charge on any atom is 0.0488 e. The first kappa shape index (κ1) is 14.5. The predicted octanol–water partition coefficient (Wildman–Crippen LogP) is 3.70. The number of ether oxygens (including phenoxy) is 1. The minimum atomic E-state index is 0.182. The fourth-order valence-corrected chi connectivity index (χ4v) is 2.95. The van der Waals surface area contributed by atoms with Crippen LogP contribution in [0.2, 0.25) is 0 Å². The van der Waals surface area contributed by atoms with Crippen molar-refractivity contribution >= 4 is 0 Å². The summed E-state index contributed by atoms with van der Waals surface area (Å²) in [4.78, 5) is 0. The Morgan fingerprint density at radius 2 is 2.11 bits per heavy atom. The number of rotatable bonds is 5. The second kappa shape index (κ2) is 7.06. The molecular weight excluding hydrogens is 234 g/mol. The highest BCUT2D eigenvalue weighted by Gasteiger charge is 2.24. The molecule has 1 aromatic carbocycles. The third kappa shape index (κ3) is 4.05. The number of nitrogens with two attached hydrogens (primary N) is 1. The van der Waals surface area contributed by atoms with Crippen molar-refractivity contribution in [1.29, 1.82) is 0 Å². The number of benzene rings is 1. The Balaban J connectivity index is 1.92. The van der Waals surface area contributed by atoms with E-state index in [1.807, 2.05) is 0 Å². The Morgan fingerprint density at radius 3 is 2.89 bits per heavy atom. The molecule has 0 saturated heterocycles. The number of hydrogen-bond donors (Lipinski definition) is 1. The smallest absolute Gasteiger partial charge is 0.0488 e. The number of aryl methyl sites for hydroxylation is 1. The summed E-state index contributed by atoms with van der Waals surface area (Å²) in [5.41, 5.74) is 9.28. The highest BCUT2D eigenvalue weighted by molar-refractivity contribution is 5.31. The lowest BCUT2D eigenvalue weighted by molar-refractivity contribution is 0.0937. The van der Waals surface area contributed by atoms with Gasteiger partial charge in [-0.25, -0.2) is 0 Å². The van der Waals surface area contributed by atoms with Crippen molar-refractivity contribution in [2.24, 2.45) is 17.6 Å². The molecule has 1 aliphatic rings. The van der Waals surface area contributed by atoms with Gasteiger partial charge in [-0.2, -0.15) is 0 Å². The van der Waals surface area contributed by atoms with Crippen LogP contribution in [0.25, 0.3) is 0 Å². The zero-order valence-electron chi connectivity index (χ0n) is 12.3. The van der Waals surface area contributed by atoms with Gasteiger partial charge in [-0.05, 0) is 48.6 Å². The first-order valence-corrected chi connectivity index (χ1v) is 7.59. The summed E-state index contributed by atoms with van der Waals surface area (Å²) < 4.78 is 5.72. The Bertz CT molecular complexity index is 389. The molecule has 2 N–H and O–H groups in total. The monoisotopic (exact) mass is 261 g/mol. The highest BCUT2D eigenvalue weighted by atomic mass is 16.5. The van der Waals surface area contributed by atoms with Gasteiger partial charge >= 0.3 is 0 Å². The summed E-state index contributed by atoms with van der Waals surface area (Å²) in [5.74, 6) is 1.18. The molecule has 2 unspecified atom stereocenters. The van der Waals surface area contributed by atoms with Gasteiger partial charge in [-0.3, -0.25) is 0 Å². The van der Waals surface area contributed by atoms with Gasteiger partial charge in [0.2, 0.25) is 0 Å². The minimum Gasteiger partial charge on any atom is -0.381 e. The van der Waals surface area contributed by atoms with Crippen LogP contribution in [-0.4, -0.2) is 13.2 Å². The van der Waals surface area contributed by atoms with Crippen LogP contribution in [0.4, 0.5) is 0 Å². The van der Waals surface area contributed by atoms with Gasteiger partial charge in [-0.15, -0.1) is 0 Å². The van der Waals surface area contributed by atoms with Crippen LogP contribution in [0.5, 0.6) is 0 Å². The molecule has 0 fully saturated rings. The molecular formula is C17H27NO. The molecule has 19 heavy (non-hydrogen) atoms. The van der Waals surface area contributed by atoms with Gasteiger partial charge in [0, 0.05) is 19.3 Å². The first-order valence-electron chi connectivity index (χ1n) is 7.59. The zero-order chi connectivity index (χ0) is 13.7. The summed E-state index contributed by atoms with van der Waals surface area (Å²) in [6.07, 6.45) is 4.73. The van der Waals surface area contributed by atoms with E-state index in [9.17, 15) is 0 Å². The average molecular weight is 261 g/mol. The maximum atomic E-state index is 6.48. The molecule has 2 rings (SSSR count). The van der Waals surface area contributed by atoms with E-state index in [-0.39, 0.29) is 6.04 Å². The van der Waals surface area contributed by atoms with Crippen LogP contribution >= 0.6 is 0 Å². The third-order valence-electron chi connectivity index (χ3n) is 4.03. The van der Waals surface area contributed by atoms with Crippen molar-refractivity contribution in [3.8, 4) is 0 Å². The van der Waals surface area contributed by atoms with Crippen molar-refractivity contribution in [1.82, 2.24) is 0 Å². The molecule has 0 saturated carbocycles. The van der Waals surface area contributed by atoms with Crippen LogP contribution in [0.1, 0.15) is 50.3 Å². The molecule has 1 aromatic rings. The summed E-state index contributed by atoms with van der Waals surface area (Å²) >= 11 is 0. The van der Waals surface area contributed by atoms with Crippen LogP contribution < -0.4 is 5.73 Å². The lowest BCUT2D eigenvalue weighted by atomic mass is 9.89. The van der Waals surface area contributed by atoms with E-state index in [4.69, 9.17) is 10.5 Å². The lowest BCUT2D eigenvalue weighted by Gasteiger charge is -2.23. The molecule has 0 heterocycles. The van der Waals surface area contributed by atoms with Crippen molar-refractivity contribution < 1.29 is 4.74 Å². The van der Waals surface area contributed by atoms with Crippen LogP contribution in [-0.2, 0) is 11.2 Å². The van der Waals surface area contributed by atoms with E-state index in [2.05, 4.69) is 38.1 Å². The molecule has 2 nitrogen and oxygen atoms in total. The molecule has 0 radical (unpaired) electrons. The largest absolute Gasteiger partial charge is 0.381 e. The summed E-state index contributed by atoms with van der Waals surface area (Å²) in [6.45, 7) is 6.08. The Morgan fingerprint density at radius 1 is 1.32 bits per heavy atom. The van der Waals surface area contributed by atoms with E-state index < -0.39 is 0 Å². The van der Waals surface area contributed by atoms with Gasteiger partial charge < -0.3 is 10.5 Å². The second-order valence-corrected chi connectivity index (χ2v) is 6.13. The van der Waals surface area contributed by atoms with Gasteiger partial charge in [0.1, 0.15) is 0 Å². The fraction of sp³-hybridized carbons (Fsp3) is 0.647. The number of hydrogen-bond acceptors (Lipinski definition) is 2. The highest BCUT2D eigenvalue weighted by Crippen LogP contribution is 2.33. The van der Waals surface area contributed by atoms with E-state index >= 15 is 0 Å². The average Bonchev–Trinajstić information content (AvgIpc) is 2.55. The summed E-state index contributed by atoms with van der Waals surface area (Å²) in [6, 6.07) is 8.84. The maximum absolute atomic E-state index is 6.48. The van der Waals surface area contributed by atoms with E-state index in [1.165, 1.54) is 30.4 Å². The molecule has 106 valence electrons. The fourth-order valence-electron chi connectivity index (χ4n) is 2.95. The van der Waals surface area contributed by atoms with Crippen molar-refractivity contribution in [3.05, 3.63) is 35.4 Å². The lowest BCUT2D eigenvalue weighted by Crippen LogP contribution is -2.22. The molecule has 1 aliphatic carbocycles. The van der Waals surface area contributed by atoms with E-state index in [0.29, 0.717) is 11.8 Å². The van der Waals surface area contributed by atoms with Crippen molar-refractivity contribution in [2.45, 2.75) is 45.6 Å². The summed E-state index contributed by atoms with van der Waals surface area (Å²) in [5, 5.41) is 0. The topological polar surface area (TPSA) is 35.2 Å². The number of fused-ring (bicyclic) bond motifs is 1. The molecule has 0 amide bonds. The van der Waals surface area contributed by atoms with Gasteiger partial charge in [-0.1, -0.05) is 38.1 Å². The standard InChI is InChI=1S/C17H27NO/c1-13(2)12-19-11-10-15-8-5-7-14-6-3-4-9-16(14)17(15)18/h3-4,6,9,13,15,17H,5,7-8,10-12,18H2,1-2H3. The van der Waals surface area contributed by atoms with Gasteiger partial charge in [0.15, 0.2) is 0 Å². The predicted molar refractivity (Wildman–Crippen MR) is 80.1 cm³/mol. The zero-order valence-corrected chi connectivity index (χ0v) is 12.3. The quantitative estimate of drug-likeness (QED) is 0.648. The Labute approximate surface area is 117 Å². The Hall–Kier alpha value is -0.860. The normalized spacial score (nSPS) is 23.2. The second-order valence-electron chi connectivity index (χ2n) is 6.13. The SMILES string of the molecule is CC(C)COCCC1CCCc2ccccc2C1N. The first-order chi connectivity index (χ1) is 9.18. The Kier molecular flexibility index (Phi) is 5.41. The van der Waals surface area contributed by atoms with Crippen LogP contribution in [0.3, 0.4) is 0 Å². The van der Waals surface area contributed by atoms with Crippen molar-refractivity contribution in [3.63, 3.8) is 0 Å². The van der Waals surface area contributed by atoms with E-state index in [0.717, 1.165) is 19.6 Å². The third-order valence-corrected chi connectivity index (χ3v) is 4.03.